The number of para-hydroxylation sites is 1. The molecule has 2 heterocycles. The topological polar surface area (TPSA) is 51.0 Å². The molecule has 0 radical (unpaired) electrons. The molecule has 4 nitrogen and oxygen atoms in total. The number of halogens is 1. The summed E-state index contributed by atoms with van der Waals surface area (Å²) in [6, 6.07) is 12.0. The van der Waals surface area contributed by atoms with E-state index in [1.54, 1.807) is 12.1 Å². The van der Waals surface area contributed by atoms with E-state index < -0.39 is 11.7 Å². The van der Waals surface area contributed by atoms with Crippen LogP contribution in [-0.2, 0) is 10.3 Å². The van der Waals surface area contributed by atoms with Gasteiger partial charge in [-0.15, -0.1) is 4.39 Å². The van der Waals surface area contributed by atoms with Gasteiger partial charge >= 0.3 is 6.15 Å². The third-order valence-electron chi connectivity index (χ3n) is 3.64. The van der Waals surface area contributed by atoms with Crippen LogP contribution in [-0.4, -0.2) is 17.9 Å². The number of benzene rings is 2. The molecule has 2 aromatic rings. The monoisotopic (exact) mass is 271 g/mol. The number of rotatable bonds is 0. The molecule has 0 saturated carbocycles. The van der Waals surface area contributed by atoms with Gasteiger partial charge in [0.25, 0.3) is 0 Å². The van der Waals surface area contributed by atoms with Gasteiger partial charge in [-0.25, -0.2) is 4.99 Å². The van der Waals surface area contributed by atoms with Crippen molar-refractivity contribution in [2.24, 2.45) is 4.99 Å². The van der Waals surface area contributed by atoms with E-state index in [-0.39, 0.29) is 12.4 Å². The fourth-order valence-electron chi connectivity index (χ4n) is 2.75. The average molecular weight is 271 g/mol. The van der Waals surface area contributed by atoms with Crippen molar-refractivity contribution >= 4 is 6.15 Å². The third kappa shape index (κ3) is 1.37. The van der Waals surface area contributed by atoms with E-state index in [9.17, 15) is 9.50 Å². The Balaban J connectivity index is 2.05. The highest BCUT2D eigenvalue weighted by atomic mass is 19.1. The minimum absolute atomic E-state index is 0.0512. The van der Waals surface area contributed by atoms with Crippen molar-refractivity contribution in [3.05, 3.63) is 53.6 Å². The molecule has 1 N–H and O–H groups in total. The van der Waals surface area contributed by atoms with Crippen molar-refractivity contribution in [1.29, 1.82) is 0 Å². The summed E-state index contributed by atoms with van der Waals surface area (Å²) >= 11 is 0. The van der Waals surface area contributed by atoms with Gasteiger partial charge in [-0.2, -0.15) is 0 Å². The fraction of sp³-hybridized carbons (Fsp3) is 0.133. The molecule has 1 atom stereocenters. The SMILES string of the molecule is Oc1ccc2c(c1)C1(COC(F)=N1)c1ccccc1O2. The Kier molecular flexibility index (Phi) is 2.10. The van der Waals surface area contributed by atoms with E-state index in [1.165, 1.54) is 12.1 Å². The minimum atomic E-state index is -0.993. The number of aliphatic imine (C=N–C) groups is 1. The van der Waals surface area contributed by atoms with Gasteiger partial charge < -0.3 is 14.6 Å². The van der Waals surface area contributed by atoms with Gasteiger partial charge in [0.15, 0.2) is 5.54 Å². The lowest BCUT2D eigenvalue weighted by Crippen LogP contribution is -2.30. The molecule has 20 heavy (non-hydrogen) atoms. The van der Waals surface area contributed by atoms with E-state index in [1.807, 2.05) is 18.2 Å². The second-order valence-corrected chi connectivity index (χ2v) is 4.79. The first kappa shape index (κ1) is 11.3. The molecule has 1 unspecified atom stereocenters. The van der Waals surface area contributed by atoms with Crippen molar-refractivity contribution in [2.45, 2.75) is 5.54 Å². The summed E-state index contributed by atoms with van der Waals surface area (Å²) in [5.41, 5.74) is 0.335. The summed E-state index contributed by atoms with van der Waals surface area (Å²) in [7, 11) is 0. The highest BCUT2D eigenvalue weighted by Gasteiger charge is 2.47. The van der Waals surface area contributed by atoms with Crippen LogP contribution in [0.5, 0.6) is 17.2 Å². The van der Waals surface area contributed by atoms with E-state index in [4.69, 9.17) is 9.47 Å². The number of ether oxygens (including phenoxy) is 2. The van der Waals surface area contributed by atoms with E-state index in [2.05, 4.69) is 4.99 Å². The largest absolute Gasteiger partial charge is 0.508 e. The normalized spacial score (nSPS) is 22.6. The second kappa shape index (κ2) is 3.72. The van der Waals surface area contributed by atoms with Crippen LogP contribution in [0.15, 0.2) is 47.5 Å². The maximum atomic E-state index is 13.5. The van der Waals surface area contributed by atoms with Crippen molar-refractivity contribution in [3.8, 4) is 17.2 Å². The summed E-state index contributed by atoms with van der Waals surface area (Å²) in [6.45, 7) is 0.0512. The van der Waals surface area contributed by atoms with Crippen molar-refractivity contribution in [3.63, 3.8) is 0 Å². The van der Waals surface area contributed by atoms with Crippen LogP contribution in [0.3, 0.4) is 0 Å². The molecule has 0 amide bonds. The molecule has 100 valence electrons. The molecule has 5 heteroatoms. The van der Waals surface area contributed by atoms with Gasteiger partial charge in [0.05, 0.1) is 0 Å². The first-order valence-corrected chi connectivity index (χ1v) is 6.18. The summed E-state index contributed by atoms with van der Waals surface area (Å²) < 4.78 is 24.2. The summed E-state index contributed by atoms with van der Waals surface area (Å²) in [4.78, 5) is 4.04. The Labute approximate surface area is 114 Å². The molecule has 4 rings (SSSR count). The van der Waals surface area contributed by atoms with E-state index >= 15 is 0 Å². The highest BCUT2D eigenvalue weighted by molar-refractivity contribution is 5.72. The number of phenols is 1. The zero-order valence-electron chi connectivity index (χ0n) is 10.3. The fourth-order valence-corrected chi connectivity index (χ4v) is 2.75. The average Bonchev–Trinajstić information content (AvgIpc) is 2.84. The lowest BCUT2D eigenvalue weighted by molar-refractivity contribution is 0.246. The van der Waals surface area contributed by atoms with E-state index in [0.717, 1.165) is 5.56 Å². The van der Waals surface area contributed by atoms with Gasteiger partial charge in [-0.3, -0.25) is 0 Å². The van der Waals surface area contributed by atoms with Crippen molar-refractivity contribution in [2.75, 3.05) is 6.61 Å². The molecule has 2 aliphatic heterocycles. The van der Waals surface area contributed by atoms with Gasteiger partial charge in [-0.1, -0.05) is 18.2 Å². The summed E-state index contributed by atoms with van der Waals surface area (Å²) in [5, 5.41) is 9.71. The van der Waals surface area contributed by atoms with Crippen LogP contribution in [0.1, 0.15) is 11.1 Å². The molecule has 0 bridgehead atoms. The van der Waals surface area contributed by atoms with Crippen LogP contribution in [0.25, 0.3) is 0 Å². The van der Waals surface area contributed by atoms with Gasteiger partial charge in [0.2, 0.25) is 0 Å². The van der Waals surface area contributed by atoms with Gasteiger partial charge in [0, 0.05) is 11.1 Å². The maximum Gasteiger partial charge on any atom is 0.373 e. The maximum absolute atomic E-state index is 13.5. The van der Waals surface area contributed by atoms with Crippen LogP contribution < -0.4 is 4.74 Å². The summed E-state index contributed by atoms with van der Waals surface area (Å²) in [6.07, 6.45) is -0.851. The Morgan fingerprint density at radius 2 is 1.90 bits per heavy atom. The number of hydrogen-bond donors (Lipinski definition) is 1. The Hall–Kier alpha value is -2.56. The number of fused-ring (bicyclic) bond motifs is 4. The molecule has 2 aromatic carbocycles. The molecular weight excluding hydrogens is 261 g/mol. The number of nitrogens with zero attached hydrogens (tertiary/aromatic N) is 1. The lowest BCUT2D eigenvalue weighted by Gasteiger charge is -2.33. The molecule has 0 fully saturated rings. The predicted octanol–water partition coefficient (Wildman–Crippen LogP) is 3.10. The smallest absolute Gasteiger partial charge is 0.373 e. The Morgan fingerprint density at radius 3 is 2.70 bits per heavy atom. The van der Waals surface area contributed by atoms with Gasteiger partial charge in [0.1, 0.15) is 23.9 Å². The molecular formula is C15H10FNO3. The van der Waals surface area contributed by atoms with E-state index in [0.29, 0.717) is 17.1 Å². The first-order valence-electron chi connectivity index (χ1n) is 6.18. The number of aromatic hydroxyl groups is 1. The molecule has 0 saturated heterocycles. The molecule has 2 aliphatic rings. The molecule has 0 aromatic heterocycles. The third-order valence-corrected chi connectivity index (χ3v) is 3.64. The first-order chi connectivity index (χ1) is 9.69. The van der Waals surface area contributed by atoms with Crippen LogP contribution in [0.2, 0.25) is 0 Å². The standard InChI is InChI=1S/C15H10FNO3/c16-14-17-15(8-19-14)10-3-1-2-4-12(10)20-13-6-5-9(18)7-11(13)15/h1-7,18H,8H2. The number of phenolic OH excluding ortho intramolecular Hbond substituents is 1. The van der Waals surface area contributed by atoms with Crippen molar-refractivity contribution < 1.29 is 19.0 Å². The predicted molar refractivity (Wildman–Crippen MR) is 69.9 cm³/mol. The quantitative estimate of drug-likeness (QED) is 0.801. The van der Waals surface area contributed by atoms with Crippen LogP contribution >= 0.6 is 0 Å². The number of hydrogen-bond acceptors (Lipinski definition) is 4. The Morgan fingerprint density at radius 1 is 1.10 bits per heavy atom. The zero-order chi connectivity index (χ0) is 13.7. The zero-order valence-corrected chi connectivity index (χ0v) is 10.3. The highest BCUT2D eigenvalue weighted by Crippen LogP contribution is 2.51. The van der Waals surface area contributed by atoms with Gasteiger partial charge in [-0.05, 0) is 24.3 Å². The van der Waals surface area contributed by atoms with Crippen LogP contribution in [0, 0.1) is 0 Å². The minimum Gasteiger partial charge on any atom is -0.508 e. The Bertz CT molecular complexity index is 744. The summed E-state index contributed by atoms with van der Waals surface area (Å²) in [5.74, 6) is 1.24. The molecule has 0 aliphatic carbocycles. The van der Waals surface area contributed by atoms with Crippen LogP contribution in [0.4, 0.5) is 4.39 Å². The lowest BCUT2D eigenvalue weighted by atomic mass is 9.81. The van der Waals surface area contributed by atoms with Crippen molar-refractivity contribution in [1.82, 2.24) is 0 Å². The second-order valence-electron chi connectivity index (χ2n) is 4.79. The molecule has 1 spiro atoms.